The standard InChI is InChI=1S/C8H12N4O5.FH/c9-7-10-2-12(8(16)11-7)6-5(15)4(14)3(1-13)17-6;/h2-6,13-15H,1H2,(H2,9,11,16);1H/t3-,4-,5-,6-;/m1./s1. The van der Waals surface area contributed by atoms with E-state index in [1.165, 1.54) is 0 Å². The maximum absolute atomic E-state index is 11.5. The number of nitrogens with zero attached hydrogens (tertiary/aromatic N) is 3. The number of aromatic nitrogens is 3. The summed E-state index contributed by atoms with van der Waals surface area (Å²) in [5.41, 5.74) is 4.46. The first-order chi connectivity index (χ1) is 8.04. The van der Waals surface area contributed by atoms with Gasteiger partial charge in [0, 0.05) is 0 Å². The fraction of sp³-hybridized carbons (Fsp3) is 0.625. The van der Waals surface area contributed by atoms with Crippen molar-refractivity contribution < 1.29 is 24.8 Å². The molecule has 1 saturated heterocycles. The van der Waals surface area contributed by atoms with Gasteiger partial charge in [0.2, 0.25) is 5.95 Å². The van der Waals surface area contributed by atoms with Crippen LogP contribution < -0.4 is 11.4 Å². The molecule has 1 aromatic rings. The van der Waals surface area contributed by atoms with Crippen LogP contribution in [0.5, 0.6) is 0 Å². The van der Waals surface area contributed by atoms with Crippen molar-refractivity contribution in [3.8, 4) is 0 Å². The van der Waals surface area contributed by atoms with E-state index in [0.717, 1.165) is 10.9 Å². The lowest BCUT2D eigenvalue weighted by molar-refractivity contribution is -0.0554. The molecule has 0 saturated carbocycles. The SMILES string of the molecule is F.Nc1ncn([C@@H]2O[C@H](CO)[C@@H](O)[C@H]2O)c(=O)n1. The summed E-state index contributed by atoms with van der Waals surface area (Å²) >= 11 is 0. The van der Waals surface area contributed by atoms with Crippen LogP contribution in [0.3, 0.4) is 0 Å². The van der Waals surface area contributed by atoms with Crippen LogP contribution in [0.2, 0.25) is 0 Å². The molecule has 9 nitrogen and oxygen atoms in total. The molecule has 102 valence electrons. The Morgan fingerprint density at radius 1 is 1.44 bits per heavy atom. The van der Waals surface area contributed by atoms with Crippen LogP contribution in [0.15, 0.2) is 11.1 Å². The zero-order valence-corrected chi connectivity index (χ0v) is 9.08. The molecule has 1 fully saturated rings. The molecule has 2 rings (SSSR count). The van der Waals surface area contributed by atoms with E-state index < -0.39 is 36.8 Å². The zero-order valence-electron chi connectivity index (χ0n) is 9.08. The molecule has 0 bridgehead atoms. The summed E-state index contributed by atoms with van der Waals surface area (Å²) in [6.45, 7) is -0.473. The zero-order chi connectivity index (χ0) is 12.6. The molecule has 0 spiro atoms. The third kappa shape index (κ3) is 2.31. The van der Waals surface area contributed by atoms with Gasteiger partial charge in [0.05, 0.1) is 6.61 Å². The van der Waals surface area contributed by atoms with Crippen molar-refractivity contribution >= 4 is 5.95 Å². The minimum atomic E-state index is -1.35. The molecule has 10 heteroatoms. The number of nitrogens with two attached hydrogens (primary N) is 1. The van der Waals surface area contributed by atoms with Crippen molar-refractivity contribution in [2.75, 3.05) is 12.3 Å². The Bertz CT molecular complexity index is 469. The average Bonchev–Trinajstić information content (AvgIpc) is 2.57. The van der Waals surface area contributed by atoms with Gasteiger partial charge in [-0.25, -0.2) is 9.78 Å². The topological polar surface area (TPSA) is 144 Å². The van der Waals surface area contributed by atoms with Crippen LogP contribution in [0.1, 0.15) is 6.23 Å². The van der Waals surface area contributed by atoms with Crippen LogP contribution in [0.4, 0.5) is 10.7 Å². The molecule has 1 aliphatic rings. The minimum absolute atomic E-state index is 0. The van der Waals surface area contributed by atoms with E-state index >= 15 is 0 Å². The van der Waals surface area contributed by atoms with Gasteiger partial charge in [-0.1, -0.05) is 0 Å². The van der Waals surface area contributed by atoms with E-state index in [0.29, 0.717) is 0 Å². The van der Waals surface area contributed by atoms with E-state index in [9.17, 15) is 15.0 Å². The van der Waals surface area contributed by atoms with Crippen molar-refractivity contribution in [3.63, 3.8) is 0 Å². The predicted octanol–water partition coefficient (Wildman–Crippen LogP) is -3.02. The number of hydrogen-bond acceptors (Lipinski definition) is 8. The predicted molar refractivity (Wildman–Crippen MR) is 56.2 cm³/mol. The summed E-state index contributed by atoms with van der Waals surface area (Å²) in [5.74, 6) is -0.196. The molecular weight excluding hydrogens is 251 g/mol. The number of anilines is 1. The number of nitrogen functional groups attached to an aromatic ring is 1. The maximum Gasteiger partial charge on any atom is 0.354 e. The second kappa shape index (κ2) is 5.35. The summed E-state index contributed by atoms with van der Waals surface area (Å²) < 4.78 is 6.04. The molecule has 0 radical (unpaired) electrons. The first kappa shape index (κ1) is 14.4. The average molecular weight is 264 g/mol. The summed E-state index contributed by atoms with van der Waals surface area (Å²) in [6, 6.07) is 0. The molecule has 2 heterocycles. The quantitative estimate of drug-likeness (QED) is 0.442. The Morgan fingerprint density at radius 3 is 2.61 bits per heavy atom. The Hall–Kier alpha value is -1.62. The van der Waals surface area contributed by atoms with E-state index in [-0.39, 0.29) is 10.7 Å². The highest BCUT2D eigenvalue weighted by molar-refractivity contribution is 5.10. The summed E-state index contributed by atoms with van der Waals surface area (Å²) in [7, 11) is 0. The number of ether oxygens (including phenoxy) is 1. The molecule has 0 aromatic carbocycles. The molecule has 5 N–H and O–H groups in total. The van der Waals surface area contributed by atoms with Gasteiger partial charge in [-0.3, -0.25) is 9.27 Å². The van der Waals surface area contributed by atoms with E-state index in [2.05, 4.69) is 9.97 Å². The Kier molecular flexibility index (Phi) is 4.29. The molecular formula is C8H13FN4O5. The third-order valence-electron chi connectivity index (χ3n) is 2.54. The fourth-order valence-corrected chi connectivity index (χ4v) is 1.64. The van der Waals surface area contributed by atoms with Gasteiger partial charge in [-0.05, 0) is 0 Å². The number of rotatable bonds is 2. The van der Waals surface area contributed by atoms with Crippen molar-refractivity contribution in [1.82, 2.24) is 14.5 Å². The van der Waals surface area contributed by atoms with Crippen LogP contribution in [0.25, 0.3) is 0 Å². The van der Waals surface area contributed by atoms with E-state index in [1.54, 1.807) is 0 Å². The Labute approximate surface area is 99.8 Å². The van der Waals surface area contributed by atoms with E-state index in [1.807, 2.05) is 0 Å². The minimum Gasteiger partial charge on any atom is -0.394 e. The fourth-order valence-electron chi connectivity index (χ4n) is 1.64. The van der Waals surface area contributed by atoms with Crippen molar-refractivity contribution in [1.29, 1.82) is 0 Å². The van der Waals surface area contributed by atoms with Gasteiger partial charge in [-0.2, -0.15) is 4.98 Å². The van der Waals surface area contributed by atoms with Crippen molar-refractivity contribution in [2.24, 2.45) is 0 Å². The van der Waals surface area contributed by atoms with Crippen LogP contribution >= 0.6 is 0 Å². The number of halogens is 1. The van der Waals surface area contributed by atoms with Crippen LogP contribution in [0, 0.1) is 0 Å². The number of aliphatic hydroxyl groups excluding tert-OH is 3. The lowest BCUT2D eigenvalue weighted by atomic mass is 10.1. The summed E-state index contributed by atoms with van der Waals surface area (Å²) in [6.07, 6.45) is -3.67. The Morgan fingerprint density at radius 2 is 2.11 bits per heavy atom. The number of aliphatic hydroxyl groups is 3. The van der Waals surface area contributed by atoms with Gasteiger partial charge in [-0.15, -0.1) is 0 Å². The highest BCUT2D eigenvalue weighted by Gasteiger charge is 2.43. The van der Waals surface area contributed by atoms with Gasteiger partial charge in [0.1, 0.15) is 24.6 Å². The molecule has 1 aromatic heterocycles. The lowest BCUT2D eigenvalue weighted by Crippen LogP contribution is -2.36. The first-order valence-electron chi connectivity index (χ1n) is 4.87. The van der Waals surface area contributed by atoms with Gasteiger partial charge in [0.15, 0.2) is 6.23 Å². The van der Waals surface area contributed by atoms with Crippen molar-refractivity contribution in [3.05, 3.63) is 16.8 Å². The monoisotopic (exact) mass is 264 g/mol. The van der Waals surface area contributed by atoms with Crippen LogP contribution in [-0.2, 0) is 4.74 Å². The van der Waals surface area contributed by atoms with Crippen molar-refractivity contribution in [2.45, 2.75) is 24.5 Å². The highest BCUT2D eigenvalue weighted by atomic mass is 19.0. The van der Waals surface area contributed by atoms with E-state index in [4.69, 9.17) is 15.6 Å². The third-order valence-corrected chi connectivity index (χ3v) is 2.54. The normalized spacial score (nSPS) is 31.1. The van der Waals surface area contributed by atoms with Gasteiger partial charge < -0.3 is 25.8 Å². The summed E-state index contributed by atoms with van der Waals surface area (Å²) in [4.78, 5) is 18.4. The van der Waals surface area contributed by atoms with Gasteiger partial charge >= 0.3 is 5.69 Å². The molecule has 1 aliphatic heterocycles. The Balaban J connectivity index is 0.00000162. The smallest absolute Gasteiger partial charge is 0.354 e. The molecule has 0 unspecified atom stereocenters. The highest BCUT2D eigenvalue weighted by Crippen LogP contribution is 2.27. The first-order valence-corrected chi connectivity index (χ1v) is 4.87. The largest absolute Gasteiger partial charge is 0.394 e. The van der Waals surface area contributed by atoms with Crippen LogP contribution in [-0.4, -0.2) is 54.8 Å². The molecule has 0 aliphatic carbocycles. The second-order valence-corrected chi connectivity index (χ2v) is 3.63. The molecule has 4 atom stereocenters. The lowest BCUT2D eigenvalue weighted by Gasteiger charge is -2.16. The second-order valence-electron chi connectivity index (χ2n) is 3.63. The summed E-state index contributed by atoms with van der Waals surface area (Å²) in [5, 5.41) is 28.1. The molecule has 18 heavy (non-hydrogen) atoms. The van der Waals surface area contributed by atoms with Gasteiger partial charge in [0.25, 0.3) is 0 Å². The number of hydrogen-bond donors (Lipinski definition) is 4. The maximum atomic E-state index is 11.5. The molecule has 0 amide bonds.